The highest BCUT2D eigenvalue weighted by Gasteiger charge is 2.32. The fourth-order valence-electron chi connectivity index (χ4n) is 3.13. The summed E-state index contributed by atoms with van der Waals surface area (Å²) in [6, 6.07) is 12.5. The van der Waals surface area contributed by atoms with Crippen LogP contribution in [-0.4, -0.2) is 49.1 Å². The van der Waals surface area contributed by atoms with Gasteiger partial charge in [0.25, 0.3) is 0 Å². The summed E-state index contributed by atoms with van der Waals surface area (Å²) in [4.78, 5) is 21.0. The predicted molar refractivity (Wildman–Crippen MR) is 98.9 cm³/mol. The number of nitriles is 1. The molecule has 134 valence electrons. The molecule has 7 heteroatoms. The average molecular weight is 371 g/mol. The predicted octanol–water partition coefficient (Wildman–Crippen LogP) is 2.64. The Bertz CT molecular complexity index is 811. The molecule has 26 heavy (non-hydrogen) atoms. The maximum absolute atomic E-state index is 12.4. The van der Waals surface area contributed by atoms with Gasteiger partial charge < -0.3 is 9.64 Å². The van der Waals surface area contributed by atoms with Crippen molar-refractivity contribution >= 4 is 23.4 Å². The summed E-state index contributed by atoms with van der Waals surface area (Å²) in [7, 11) is 1.39. The molecule has 2 aromatic rings. The van der Waals surface area contributed by atoms with Gasteiger partial charge >= 0.3 is 5.97 Å². The van der Waals surface area contributed by atoms with E-state index in [1.54, 1.807) is 18.3 Å². The number of piperazine rings is 1. The van der Waals surface area contributed by atoms with Gasteiger partial charge in [-0.15, -0.1) is 0 Å². The topological polar surface area (TPSA) is 69.5 Å². The van der Waals surface area contributed by atoms with E-state index < -0.39 is 6.04 Å². The second-order valence-electron chi connectivity index (χ2n) is 5.99. The molecule has 1 saturated heterocycles. The van der Waals surface area contributed by atoms with Crippen LogP contribution in [0.25, 0.3) is 0 Å². The summed E-state index contributed by atoms with van der Waals surface area (Å²) >= 11 is 6.31. The van der Waals surface area contributed by atoms with Gasteiger partial charge in [0, 0.05) is 37.4 Å². The third-order valence-corrected chi connectivity index (χ3v) is 4.85. The first-order chi connectivity index (χ1) is 12.6. The van der Waals surface area contributed by atoms with Crippen LogP contribution >= 0.6 is 11.6 Å². The Morgan fingerprint density at radius 2 is 1.96 bits per heavy atom. The first kappa shape index (κ1) is 18.2. The second kappa shape index (κ2) is 8.17. The Labute approximate surface area is 157 Å². The highest BCUT2D eigenvalue weighted by Crippen LogP contribution is 2.30. The monoisotopic (exact) mass is 370 g/mol. The Balaban J connectivity index is 1.74. The van der Waals surface area contributed by atoms with E-state index in [4.69, 9.17) is 21.6 Å². The lowest BCUT2D eigenvalue weighted by atomic mass is 10.0. The number of halogens is 1. The number of hydrogen-bond donors (Lipinski definition) is 0. The molecule has 1 aliphatic rings. The van der Waals surface area contributed by atoms with Crippen molar-refractivity contribution < 1.29 is 9.53 Å². The lowest BCUT2D eigenvalue weighted by Crippen LogP contribution is -2.49. The summed E-state index contributed by atoms with van der Waals surface area (Å²) in [6.07, 6.45) is 1.57. The van der Waals surface area contributed by atoms with Crippen molar-refractivity contribution in [2.45, 2.75) is 6.04 Å². The van der Waals surface area contributed by atoms with Gasteiger partial charge in [-0.25, -0.2) is 9.78 Å². The molecule has 1 aliphatic heterocycles. The van der Waals surface area contributed by atoms with E-state index >= 15 is 0 Å². The summed E-state index contributed by atoms with van der Waals surface area (Å²) in [5, 5.41) is 9.43. The first-order valence-corrected chi connectivity index (χ1v) is 8.69. The Kier molecular flexibility index (Phi) is 5.71. The first-order valence-electron chi connectivity index (χ1n) is 8.31. The van der Waals surface area contributed by atoms with Gasteiger partial charge in [0.2, 0.25) is 0 Å². The minimum absolute atomic E-state index is 0.317. The quantitative estimate of drug-likeness (QED) is 0.770. The van der Waals surface area contributed by atoms with Crippen molar-refractivity contribution in [3.05, 3.63) is 58.7 Å². The fourth-order valence-corrected chi connectivity index (χ4v) is 3.37. The molecule has 1 aromatic carbocycles. The van der Waals surface area contributed by atoms with Crippen LogP contribution in [0, 0.1) is 11.3 Å². The molecule has 1 fully saturated rings. The van der Waals surface area contributed by atoms with Crippen molar-refractivity contribution in [1.29, 1.82) is 5.26 Å². The number of carbonyl (C=O) groups excluding carboxylic acids is 1. The number of nitrogens with zero attached hydrogens (tertiary/aromatic N) is 4. The lowest BCUT2D eigenvalue weighted by molar-refractivity contribution is -0.147. The van der Waals surface area contributed by atoms with Crippen molar-refractivity contribution in [3.63, 3.8) is 0 Å². The number of ether oxygens (including phenoxy) is 1. The molecule has 0 N–H and O–H groups in total. The fraction of sp³-hybridized carbons (Fsp3) is 0.316. The van der Waals surface area contributed by atoms with Crippen molar-refractivity contribution in [3.8, 4) is 6.07 Å². The van der Waals surface area contributed by atoms with Crippen molar-refractivity contribution in [1.82, 2.24) is 9.88 Å². The smallest absolute Gasteiger partial charge is 0.327 e. The third-order valence-electron chi connectivity index (χ3n) is 4.50. The highest BCUT2D eigenvalue weighted by molar-refractivity contribution is 6.31. The Hall–Kier alpha value is -2.62. The van der Waals surface area contributed by atoms with Crippen LogP contribution < -0.4 is 4.90 Å². The molecule has 1 atom stereocenters. The van der Waals surface area contributed by atoms with Gasteiger partial charge in [0.15, 0.2) is 0 Å². The minimum atomic E-state index is -0.523. The average Bonchev–Trinajstić information content (AvgIpc) is 2.70. The van der Waals surface area contributed by atoms with E-state index in [1.165, 1.54) is 7.11 Å². The molecule has 6 nitrogen and oxygen atoms in total. The number of pyridine rings is 1. The number of methoxy groups -OCH3 is 1. The van der Waals surface area contributed by atoms with E-state index in [9.17, 15) is 4.79 Å². The molecule has 0 bridgehead atoms. The zero-order valence-corrected chi connectivity index (χ0v) is 15.2. The number of benzene rings is 1. The summed E-state index contributed by atoms with van der Waals surface area (Å²) in [6.45, 7) is 2.78. The van der Waals surface area contributed by atoms with Crippen LogP contribution in [0.15, 0.2) is 42.6 Å². The van der Waals surface area contributed by atoms with Crippen LogP contribution in [0.3, 0.4) is 0 Å². The number of rotatable bonds is 4. The molecule has 2 heterocycles. The zero-order valence-electron chi connectivity index (χ0n) is 14.4. The van der Waals surface area contributed by atoms with E-state index in [2.05, 4.69) is 20.9 Å². The van der Waals surface area contributed by atoms with Crippen LogP contribution in [0.1, 0.15) is 17.2 Å². The van der Waals surface area contributed by atoms with E-state index in [0.717, 1.165) is 24.5 Å². The SMILES string of the molecule is COC(=O)C(c1ccccc1Cl)N1CCN(c2ccc(C#N)cn2)CC1. The van der Waals surface area contributed by atoms with E-state index in [1.807, 2.05) is 24.3 Å². The van der Waals surface area contributed by atoms with Crippen molar-refractivity contribution in [2.24, 2.45) is 0 Å². The van der Waals surface area contributed by atoms with Gasteiger partial charge in [-0.3, -0.25) is 4.90 Å². The summed E-state index contributed by atoms with van der Waals surface area (Å²) in [5.41, 5.74) is 1.29. The zero-order chi connectivity index (χ0) is 18.5. The number of anilines is 1. The standard InChI is InChI=1S/C19H19ClN4O2/c1-26-19(25)18(15-4-2-3-5-16(15)20)24-10-8-23(9-11-24)17-7-6-14(12-21)13-22-17/h2-7,13,18H,8-11H2,1H3. The number of hydrogen-bond acceptors (Lipinski definition) is 6. The Morgan fingerprint density at radius 1 is 1.23 bits per heavy atom. The molecule has 0 saturated carbocycles. The number of carbonyl (C=O) groups is 1. The normalized spacial score (nSPS) is 16.0. The van der Waals surface area contributed by atoms with Gasteiger partial charge in [-0.2, -0.15) is 5.26 Å². The van der Waals surface area contributed by atoms with Crippen LogP contribution in [0.5, 0.6) is 0 Å². The molecule has 0 radical (unpaired) electrons. The largest absolute Gasteiger partial charge is 0.468 e. The summed E-state index contributed by atoms with van der Waals surface area (Å²) in [5.74, 6) is 0.513. The molecular formula is C19H19ClN4O2. The van der Waals surface area contributed by atoms with Crippen molar-refractivity contribution in [2.75, 3.05) is 38.2 Å². The van der Waals surface area contributed by atoms with Crippen LogP contribution in [0.4, 0.5) is 5.82 Å². The van der Waals surface area contributed by atoms with Gasteiger partial charge in [-0.1, -0.05) is 29.8 Å². The molecule has 1 unspecified atom stereocenters. The number of esters is 1. The Morgan fingerprint density at radius 3 is 2.54 bits per heavy atom. The molecule has 1 aromatic heterocycles. The maximum atomic E-state index is 12.4. The minimum Gasteiger partial charge on any atom is -0.468 e. The lowest BCUT2D eigenvalue weighted by Gasteiger charge is -2.38. The highest BCUT2D eigenvalue weighted by atomic mass is 35.5. The van der Waals surface area contributed by atoms with Gasteiger partial charge in [-0.05, 0) is 23.8 Å². The van der Waals surface area contributed by atoms with Gasteiger partial charge in [0.05, 0.1) is 12.7 Å². The van der Waals surface area contributed by atoms with E-state index in [0.29, 0.717) is 23.7 Å². The number of aromatic nitrogens is 1. The molecular weight excluding hydrogens is 352 g/mol. The second-order valence-corrected chi connectivity index (χ2v) is 6.39. The molecule has 3 rings (SSSR count). The molecule has 0 amide bonds. The third kappa shape index (κ3) is 3.79. The van der Waals surface area contributed by atoms with Crippen LogP contribution in [-0.2, 0) is 9.53 Å². The van der Waals surface area contributed by atoms with Crippen LogP contribution in [0.2, 0.25) is 5.02 Å². The maximum Gasteiger partial charge on any atom is 0.327 e. The molecule has 0 spiro atoms. The van der Waals surface area contributed by atoms with E-state index in [-0.39, 0.29) is 5.97 Å². The van der Waals surface area contributed by atoms with Gasteiger partial charge in [0.1, 0.15) is 17.9 Å². The summed E-state index contributed by atoms with van der Waals surface area (Å²) < 4.78 is 5.02. The molecule has 0 aliphatic carbocycles.